The van der Waals surface area contributed by atoms with Crippen LogP contribution in [0, 0.1) is 18.3 Å². The number of piperazine rings is 1. The van der Waals surface area contributed by atoms with Gasteiger partial charge in [-0.1, -0.05) is 19.8 Å². The molecular weight excluding hydrogens is 160 g/mol. The average molecular weight is 180 g/mol. The Morgan fingerprint density at radius 3 is 2.69 bits per heavy atom. The van der Waals surface area contributed by atoms with Crippen molar-refractivity contribution >= 4 is 0 Å². The highest BCUT2D eigenvalue weighted by atomic mass is 15.3. The highest BCUT2D eigenvalue weighted by molar-refractivity contribution is 4.92. The standard InChI is InChI=1S/C11H20N2/c1-5-6-13-8-7-12(4)11(9-13)10(2)3/h1,10-11H,6-9H2,2-4H3. The van der Waals surface area contributed by atoms with Crippen molar-refractivity contribution in [3.63, 3.8) is 0 Å². The first kappa shape index (κ1) is 10.6. The van der Waals surface area contributed by atoms with Gasteiger partial charge in [0, 0.05) is 25.7 Å². The summed E-state index contributed by atoms with van der Waals surface area (Å²) < 4.78 is 0. The van der Waals surface area contributed by atoms with E-state index < -0.39 is 0 Å². The second-order valence-corrected chi connectivity index (χ2v) is 4.23. The molecule has 1 heterocycles. The number of hydrogen-bond acceptors (Lipinski definition) is 2. The summed E-state index contributed by atoms with van der Waals surface area (Å²) in [6.45, 7) is 8.74. The molecule has 1 aliphatic heterocycles. The third-order valence-electron chi connectivity index (χ3n) is 2.86. The summed E-state index contributed by atoms with van der Waals surface area (Å²) in [6, 6.07) is 0.669. The van der Waals surface area contributed by atoms with Gasteiger partial charge in [0.1, 0.15) is 0 Å². The first-order valence-corrected chi connectivity index (χ1v) is 5.01. The number of rotatable bonds is 2. The third-order valence-corrected chi connectivity index (χ3v) is 2.86. The maximum absolute atomic E-state index is 5.31. The molecule has 1 rings (SSSR count). The zero-order chi connectivity index (χ0) is 9.84. The van der Waals surface area contributed by atoms with Crippen molar-refractivity contribution < 1.29 is 0 Å². The second-order valence-electron chi connectivity index (χ2n) is 4.23. The number of likely N-dealkylation sites (N-methyl/N-ethyl adjacent to an activating group) is 1. The van der Waals surface area contributed by atoms with E-state index in [2.05, 4.69) is 36.6 Å². The largest absolute Gasteiger partial charge is 0.301 e. The molecule has 0 saturated carbocycles. The number of nitrogens with zero attached hydrogens (tertiary/aromatic N) is 2. The smallest absolute Gasteiger partial charge is 0.0599 e. The van der Waals surface area contributed by atoms with Crippen LogP contribution in [-0.4, -0.2) is 49.1 Å². The lowest BCUT2D eigenvalue weighted by Crippen LogP contribution is -2.53. The topological polar surface area (TPSA) is 6.48 Å². The molecule has 2 nitrogen and oxygen atoms in total. The van der Waals surface area contributed by atoms with Crippen molar-refractivity contribution in [1.82, 2.24) is 9.80 Å². The minimum Gasteiger partial charge on any atom is -0.301 e. The van der Waals surface area contributed by atoms with Crippen molar-refractivity contribution in [3.8, 4) is 12.3 Å². The summed E-state index contributed by atoms with van der Waals surface area (Å²) in [5.41, 5.74) is 0. The molecular formula is C11H20N2. The van der Waals surface area contributed by atoms with Crippen molar-refractivity contribution in [1.29, 1.82) is 0 Å². The Hall–Kier alpha value is -0.520. The minimum atomic E-state index is 0.669. The molecule has 13 heavy (non-hydrogen) atoms. The van der Waals surface area contributed by atoms with Gasteiger partial charge in [0.25, 0.3) is 0 Å². The predicted octanol–water partition coefficient (Wildman–Crippen LogP) is 0.892. The van der Waals surface area contributed by atoms with Crippen LogP contribution in [0.1, 0.15) is 13.8 Å². The predicted molar refractivity (Wildman–Crippen MR) is 56.5 cm³/mol. The Morgan fingerprint density at radius 2 is 2.15 bits per heavy atom. The molecule has 0 aromatic carbocycles. The molecule has 0 aromatic rings. The third kappa shape index (κ3) is 2.72. The van der Waals surface area contributed by atoms with E-state index in [0.29, 0.717) is 12.0 Å². The summed E-state index contributed by atoms with van der Waals surface area (Å²) in [7, 11) is 2.21. The molecule has 0 radical (unpaired) electrons. The van der Waals surface area contributed by atoms with Gasteiger partial charge >= 0.3 is 0 Å². The quantitative estimate of drug-likeness (QED) is 0.582. The number of terminal acetylenes is 1. The molecule has 1 aliphatic rings. The summed E-state index contributed by atoms with van der Waals surface area (Å²) in [6.07, 6.45) is 5.31. The zero-order valence-electron chi connectivity index (χ0n) is 8.95. The Kier molecular flexibility index (Phi) is 3.77. The second kappa shape index (κ2) is 4.64. The highest BCUT2D eigenvalue weighted by Crippen LogP contribution is 2.14. The Balaban J connectivity index is 2.49. The molecule has 0 aliphatic carbocycles. The molecule has 0 bridgehead atoms. The summed E-state index contributed by atoms with van der Waals surface area (Å²) in [5.74, 6) is 3.43. The van der Waals surface area contributed by atoms with Gasteiger partial charge in [-0.05, 0) is 13.0 Å². The fourth-order valence-corrected chi connectivity index (χ4v) is 1.95. The molecule has 1 saturated heterocycles. The molecule has 1 unspecified atom stereocenters. The van der Waals surface area contributed by atoms with Crippen molar-refractivity contribution in [2.45, 2.75) is 19.9 Å². The van der Waals surface area contributed by atoms with Gasteiger partial charge in [-0.3, -0.25) is 4.90 Å². The van der Waals surface area contributed by atoms with E-state index in [9.17, 15) is 0 Å². The first-order chi connectivity index (χ1) is 6.15. The fraction of sp³-hybridized carbons (Fsp3) is 0.818. The van der Waals surface area contributed by atoms with Crippen LogP contribution in [0.25, 0.3) is 0 Å². The van der Waals surface area contributed by atoms with Gasteiger partial charge in [-0.2, -0.15) is 0 Å². The van der Waals surface area contributed by atoms with Gasteiger partial charge in [0.05, 0.1) is 6.54 Å². The van der Waals surface area contributed by atoms with E-state index in [1.54, 1.807) is 0 Å². The maximum Gasteiger partial charge on any atom is 0.0599 e. The van der Waals surface area contributed by atoms with E-state index in [1.807, 2.05) is 0 Å². The lowest BCUT2D eigenvalue weighted by Gasteiger charge is -2.40. The first-order valence-electron chi connectivity index (χ1n) is 5.01. The Bertz CT molecular complexity index is 193. The van der Waals surface area contributed by atoms with E-state index in [4.69, 9.17) is 6.42 Å². The molecule has 0 spiro atoms. The monoisotopic (exact) mass is 180 g/mol. The lowest BCUT2D eigenvalue weighted by atomic mass is 10.0. The normalized spacial score (nSPS) is 26.2. The molecule has 1 fully saturated rings. The molecule has 0 amide bonds. The minimum absolute atomic E-state index is 0.669. The van der Waals surface area contributed by atoms with E-state index in [-0.39, 0.29) is 0 Å². The van der Waals surface area contributed by atoms with Crippen LogP contribution < -0.4 is 0 Å². The fourth-order valence-electron chi connectivity index (χ4n) is 1.95. The number of hydrogen-bond donors (Lipinski definition) is 0. The van der Waals surface area contributed by atoms with Crippen molar-refractivity contribution in [2.75, 3.05) is 33.2 Å². The molecule has 74 valence electrons. The Labute approximate surface area is 81.9 Å². The summed E-state index contributed by atoms with van der Waals surface area (Å²) in [5, 5.41) is 0. The maximum atomic E-state index is 5.31. The van der Waals surface area contributed by atoms with Gasteiger partial charge in [-0.15, -0.1) is 6.42 Å². The van der Waals surface area contributed by atoms with Crippen LogP contribution in [0.3, 0.4) is 0 Å². The molecule has 2 heteroatoms. The summed E-state index contributed by atoms with van der Waals surface area (Å²) in [4.78, 5) is 4.81. The van der Waals surface area contributed by atoms with E-state index in [0.717, 1.165) is 26.2 Å². The van der Waals surface area contributed by atoms with Crippen LogP contribution in [0.5, 0.6) is 0 Å². The van der Waals surface area contributed by atoms with Gasteiger partial charge in [0.2, 0.25) is 0 Å². The lowest BCUT2D eigenvalue weighted by molar-refractivity contribution is 0.0783. The average Bonchev–Trinajstić information content (AvgIpc) is 2.08. The van der Waals surface area contributed by atoms with Crippen LogP contribution in [-0.2, 0) is 0 Å². The van der Waals surface area contributed by atoms with Gasteiger partial charge in [0.15, 0.2) is 0 Å². The van der Waals surface area contributed by atoms with E-state index >= 15 is 0 Å². The van der Waals surface area contributed by atoms with Crippen molar-refractivity contribution in [3.05, 3.63) is 0 Å². The van der Waals surface area contributed by atoms with Crippen molar-refractivity contribution in [2.24, 2.45) is 5.92 Å². The van der Waals surface area contributed by atoms with Crippen LogP contribution >= 0.6 is 0 Å². The van der Waals surface area contributed by atoms with Gasteiger partial charge in [-0.25, -0.2) is 0 Å². The molecule has 1 atom stereocenters. The van der Waals surface area contributed by atoms with Crippen LogP contribution in [0.2, 0.25) is 0 Å². The van der Waals surface area contributed by atoms with Crippen LogP contribution in [0.4, 0.5) is 0 Å². The van der Waals surface area contributed by atoms with Gasteiger partial charge < -0.3 is 4.90 Å². The van der Waals surface area contributed by atoms with E-state index in [1.165, 1.54) is 0 Å². The molecule has 0 aromatic heterocycles. The SMILES string of the molecule is C#CCN1CCN(C)C(C(C)C)C1. The molecule has 0 N–H and O–H groups in total. The Morgan fingerprint density at radius 1 is 1.46 bits per heavy atom. The van der Waals surface area contributed by atoms with Crippen LogP contribution in [0.15, 0.2) is 0 Å². The zero-order valence-corrected chi connectivity index (χ0v) is 8.95. The highest BCUT2D eigenvalue weighted by Gasteiger charge is 2.25. The summed E-state index contributed by atoms with van der Waals surface area (Å²) >= 11 is 0.